The molecule has 0 spiro atoms. The van der Waals surface area contributed by atoms with Crippen LogP contribution < -0.4 is 10.7 Å². The molecule has 0 aliphatic heterocycles. The first-order valence-corrected chi connectivity index (χ1v) is 10.4. The van der Waals surface area contributed by atoms with Crippen molar-refractivity contribution in [3.63, 3.8) is 0 Å². The molecule has 3 rings (SSSR count). The summed E-state index contributed by atoms with van der Waals surface area (Å²) >= 11 is 0. The third-order valence-electron chi connectivity index (χ3n) is 5.55. The molecule has 0 atom stereocenters. The Morgan fingerprint density at radius 1 is 1.20 bits per heavy atom. The van der Waals surface area contributed by atoms with E-state index in [0.29, 0.717) is 11.6 Å². The van der Waals surface area contributed by atoms with E-state index in [1.807, 2.05) is 36.6 Å². The fourth-order valence-corrected chi connectivity index (χ4v) is 3.96. The third-order valence-corrected chi connectivity index (χ3v) is 5.55. The van der Waals surface area contributed by atoms with Crippen LogP contribution in [0.1, 0.15) is 59.4 Å². The SMILES string of the molecule is COC(=O)c1cccc(-n2c(C)cc(/C=N\NC(=O)CNC3CCCCC3)c2C)c1. The lowest BCUT2D eigenvalue weighted by Crippen LogP contribution is -2.38. The van der Waals surface area contributed by atoms with E-state index in [-0.39, 0.29) is 18.4 Å². The molecule has 0 unspecified atom stereocenters. The van der Waals surface area contributed by atoms with Gasteiger partial charge in [0.1, 0.15) is 0 Å². The Labute approximate surface area is 177 Å². The second-order valence-corrected chi connectivity index (χ2v) is 7.71. The van der Waals surface area contributed by atoms with Gasteiger partial charge >= 0.3 is 5.97 Å². The predicted octanol–water partition coefficient (Wildman–Crippen LogP) is 3.25. The first-order valence-electron chi connectivity index (χ1n) is 10.4. The summed E-state index contributed by atoms with van der Waals surface area (Å²) in [5.74, 6) is -0.512. The Hall–Kier alpha value is -2.93. The molecule has 1 aromatic heterocycles. The minimum atomic E-state index is -0.370. The quantitative estimate of drug-likeness (QED) is 0.417. The molecule has 7 nitrogen and oxygen atoms in total. The highest BCUT2D eigenvalue weighted by Gasteiger charge is 2.14. The predicted molar refractivity (Wildman–Crippen MR) is 117 cm³/mol. The number of hydrazone groups is 1. The van der Waals surface area contributed by atoms with Crippen LogP contribution in [0.15, 0.2) is 35.4 Å². The molecule has 0 bridgehead atoms. The van der Waals surface area contributed by atoms with E-state index in [4.69, 9.17) is 4.74 Å². The molecular formula is C23H30N4O3. The van der Waals surface area contributed by atoms with Crippen molar-refractivity contribution in [2.75, 3.05) is 13.7 Å². The van der Waals surface area contributed by atoms with Crippen molar-refractivity contribution in [2.24, 2.45) is 5.10 Å². The number of aryl methyl sites for hydroxylation is 1. The van der Waals surface area contributed by atoms with Gasteiger partial charge in [0, 0.05) is 28.7 Å². The fraction of sp³-hybridized carbons (Fsp3) is 0.435. The third kappa shape index (κ3) is 5.36. The molecule has 1 aliphatic carbocycles. The lowest BCUT2D eigenvalue weighted by Gasteiger charge is -2.22. The van der Waals surface area contributed by atoms with Gasteiger partial charge in [-0.05, 0) is 51.0 Å². The molecule has 1 heterocycles. The lowest BCUT2D eigenvalue weighted by molar-refractivity contribution is -0.120. The maximum Gasteiger partial charge on any atom is 0.337 e. The molecular weight excluding hydrogens is 380 g/mol. The highest BCUT2D eigenvalue weighted by molar-refractivity contribution is 5.90. The van der Waals surface area contributed by atoms with E-state index < -0.39 is 0 Å². The molecule has 0 saturated heterocycles. The summed E-state index contributed by atoms with van der Waals surface area (Å²) in [6, 6.07) is 9.72. The van der Waals surface area contributed by atoms with Gasteiger partial charge in [-0.2, -0.15) is 5.10 Å². The van der Waals surface area contributed by atoms with Gasteiger partial charge in [0.2, 0.25) is 0 Å². The van der Waals surface area contributed by atoms with Crippen molar-refractivity contribution in [3.8, 4) is 5.69 Å². The summed E-state index contributed by atoms with van der Waals surface area (Å²) in [5, 5.41) is 7.43. The zero-order valence-corrected chi connectivity index (χ0v) is 17.9. The van der Waals surface area contributed by atoms with E-state index in [9.17, 15) is 9.59 Å². The number of carbonyl (C=O) groups excluding carboxylic acids is 2. The van der Waals surface area contributed by atoms with Gasteiger partial charge in [0.15, 0.2) is 0 Å². The van der Waals surface area contributed by atoms with Crippen molar-refractivity contribution < 1.29 is 14.3 Å². The maximum absolute atomic E-state index is 12.0. The van der Waals surface area contributed by atoms with Crippen molar-refractivity contribution >= 4 is 18.1 Å². The number of ether oxygens (including phenoxy) is 1. The van der Waals surface area contributed by atoms with Gasteiger partial charge in [-0.3, -0.25) is 4.79 Å². The Morgan fingerprint density at radius 3 is 2.70 bits per heavy atom. The maximum atomic E-state index is 12.0. The van der Waals surface area contributed by atoms with E-state index in [1.54, 1.807) is 18.3 Å². The molecule has 2 aromatic rings. The van der Waals surface area contributed by atoms with Gasteiger partial charge in [-0.15, -0.1) is 0 Å². The first kappa shape index (κ1) is 21.8. The monoisotopic (exact) mass is 410 g/mol. The van der Waals surface area contributed by atoms with Gasteiger partial charge in [0.25, 0.3) is 5.91 Å². The van der Waals surface area contributed by atoms with E-state index >= 15 is 0 Å². The van der Waals surface area contributed by atoms with Crippen molar-refractivity contribution in [1.82, 2.24) is 15.3 Å². The van der Waals surface area contributed by atoms with E-state index in [2.05, 4.69) is 15.8 Å². The van der Waals surface area contributed by atoms with Crippen LogP contribution in [-0.4, -0.2) is 42.4 Å². The number of rotatable bonds is 7. The highest BCUT2D eigenvalue weighted by atomic mass is 16.5. The molecule has 2 N–H and O–H groups in total. The molecule has 1 aliphatic rings. The molecule has 160 valence electrons. The van der Waals surface area contributed by atoms with Crippen LogP contribution in [0.5, 0.6) is 0 Å². The smallest absolute Gasteiger partial charge is 0.337 e. The second-order valence-electron chi connectivity index (χ2n) is 7.71. The average molecular weight is 411 g/mol. The highest BCUT2D eigenvalue weighted by Crippen LogP contribution is 2.21. The Bertz CT molecular complexity index is 927. The van der Waals surface area contributed by atoms with E-state index in [0.717, 1.165) is 35.5 Å². The summed E-state index contributed by atoms with van der Waals surface area (Å²) in [7, 11) is 1.37. The Balaban J connectivity index is 1.64. The number of benzene rings is 1. The first-order chi connectivity index (χ1) is 14.5. The van der Waals surface area contributed by atoms with Gasteiger partial charge in [-0.25, -0.2) is 10.2 Å². The van der Waals surface area contributed by atoms with Gasteiger partial charge in [0.05, 0.1) is 25.4 Å². The van der Waals surface area contributed by atoms with Gasteiger partial charge < -0.3 is 14.6 Å². The van der Waals surface area contributed by atoms with Crippen LogP contribution in [0.3, 0.4) is 0 Å². The number of amides is 1. The molecule has 1 amide bonds. The number of aromatic nitrogens is 1. The van der Waals surface area contributed by atoms with Crippen LogP contribution in [0.2, 0.25) is 0 Å². The molecule has 0 radical (unpaired) electrons. The average Bonchev–Trinajstić information content (AvgIpc) is 3.05. The zero-order valence-electron chi connectivity index (χ0n) is 17.9. The lowest BCUT2D eigenvalue weighted by atomic mass is 9.95. The van der Waals surface area contributed by atoms with Crippen LogP contribution in [0, 0.1) is 13.8 Å². The van der Waals surface area contributed by atoms with Gasteiger partial charge in [-0.1, -0.05) is 25.3 Å². The number of esters is 1. The normalized spacial score (nSPS) is 14.8. The topological polar surface area (TPSA) is 84.7 Å². The summed E-state index contributed by atoms with van der Waals surface area (Å²) in [4.78, 5) is 23.9. The summed E-state index contributed by atoms with van der Waals surface area (Å²) in [6.45, 7) is 4.24. The number of carbonyl (C=O) groups is 2. The summed E-state index contributed by atoms with van der Waals surface area (Å²) in [6.07, 6.45) is 7.69. The van der Waals surface area contributed by atoms with Crippen molar-refractivity contribution in [1.29, 1.82) is 0 Å². The molecule has 1 aromatic carbocycles. The largest absolute Gasteiger partial charge is 0.465 e. The Kier molecular flexibility index (Phi) is 7.41. The Morgan fingerprint density at radius 2 is 1.97 bits per heavy atom. The van der Waals surface area contributed by atoms with E-state index in [1.165, 1.54) is 26.4 Å². The van der Waals surface area contributed by atoms with Crippen LogP contribution in [0.25, 0.3) is 5.69 Å². The summed E-state index contributed by atoms with van der Waals surface area (Å²) in [5.41, 5.74) is 6.83. The standard InChI is InChI=1S/C23H30N4O3/c1-16-12-19(14-25-26-22(28)15-24-20-9-5-4-6-10-20)17(2)27(16)21-11-7-8-18(13-21)23(29)30-3/h7-8,11-14,20,24H,4-6,9-10,15H2,1-3H3,(H,26,28)/b25-14-. The van der Waals surface area contributed by atoms with Crippen molar-refractivity contribution in [3.05, 3.63) is 52.8 Å². The number of methoxy groups -OCH3 is 1. The number of nitrogens with zero attached hydrogens (tertiary/aromatic N) is 2. The molecule has 1 saturated carbocycles. The minimum absolute atomic E-state index is 0.142. The van der Waals surface area contributed by atoms with Crippen LogP contribution in [0.4, 0.5) is 0 Å². The number of hydrogen-bond donors (Lipinski definition) is 2. The number of hydrogen-bond acceptors (Lipinski definition) is 5. The van der Waals surface area contributed by atoms with Crippen LogP contribution in [-0.2, 0) is 9.53 Å². The minimum Gasteiger partial charge on any atom is -0.465 e. The molecule has 30 heavy (non-hydrogen) atoms. The molecule has 7 heteroatoms. The second kappa shape index (κ2) is 10.2. The van der Waals surface area contributed by atoms with Crippen molar-refractivity contribution in [2.45, 2.75) is 52.0 Å². The van der Waals surface area contributed by atoms with Crippen LogP contribution >= 0.6 is 0 Å². The zero-order chi connectivity index (χ0) is 21.5. The number of nitrogens with one attached hydrogen (secondary N) is 2. The summed E-state index contributed by atoms with van der Waals surface area (Å²) < 4.78 is 6.85. The molecule has 1 fully saturated rings. The fourth-order valence-electron chi connectivity index (χ4n) is 3.96.